The van der Waals surface area contributed by atoms with Gasteiger partial charge in [-0.2, -0.15) is 0 Å². The maximum atomic E-state index is 14.6. The summed E-state index contributed by atoms with van der Waals surface area (Å²) in [6.45, 7) is 5.38. The fourth-order valence-corrected chi connectivity index (χ4v) is 7.91. The van der Waals surface area contributed by atoms with E-state index in [0.717, 1.165) is 43.2 Å². The molecule has 0 aromatic heterocycles. The predicted molar refractivity (Wildman–Crippen MR) is 227 cm³/mol. The number of carbonyl (C=O) groups is 7. The zero-order chi connectivity index (χ0) is 43.7. The number of hydrogen-bond acceptors (Lipinski definition) is 9. The first-order valence-corrected chi connectivity index (χ1v) is 21.4. The van der Waals surface area contributed by atoms with Crippen LogP contribution in [0, 0.1) is 11.8 Å². The Morgan fingerprint density at radius 3 is 2.05 bits per heavy atom. The van der Waals surface area contributed by atoms with E-state index in [0.29, 0.717) is 12.0 Å². The Kier molecular flexibility index (Phi) is 17.4. The zero-order valence-electron chi connectivity index (χ0n) is 35.3. The van der Waals surface area contributed by atoms with Gasteiger partial charge in [-0.1, -0.05) is 137 Å². The van der Waals surface area contributed by atoms with Crippen molar-refractivity contribution >= 4 is 41.5 Å². The van der Waals surface area contributed by atoms with E-state index in [4.69, 9.17) is 9.47 Å². The van der Waals surface area contributed by atoms with E-state index in [1.165, 1.54) is 4.90 Å². The highest BCUT2D eigenvalue weighted by Crippen LogP contribution is 2.35. The van der Waals surface area contributed by atoms with Crippen LogP contribution in [0.3, 0.4) is 0 Å². The number of rotatable bonds is 19. The molecular formula is C47H59N5O9. The third-order valence-electron chi connectivity index (χ3n) is 11.1. The van der Waals surface area contributed by atoms with E-state index in [1.807, 2.05) is 62.4 Å². The molecule has 1 saturated carbocycles. The summed E-state index contributed by atoms with van der Waals surface area (Å²) in [6, 6.07) is 22.7. The molecular weight excluding hydrogens is 779 g/mol. The van der Waals surface area contributed by atoms with Crippen molar-refractivity contribution in [1.29, 1.82) is 0 Å². The topological polar surface area (TPSA) is 189 Å². The fraction of sp³-hybridized carbons (Fsp3) is 0.468. The van der Waals surface area contributed by atoms with E-state index in [1.54, 1.807) is 49.4 Å². The van der Waals surface area contributed by atoms with Crippen LogP contribution < -0.4 is 21.3 Å². The van der Waals surface area contributed by atoms with E-state index in [2.05, 4.69) is 21.3 Å². The summed E-state index contributed by atoms with van der Waals surface area (Å²) in [6.07, 6.45) is 4.43. The number of benzene rings is 3. The molecule has 0 bridgehead atoms. The van der Waals surface area contributed by atoms with Crippen LogP contribution in [-0.4, -0.2) is 84.2 Å². The molecule has 2 fully saturated rings. The number of amides is 5. The first kappa shape index (κ1) is 46.0. The van der Waals surface area contributed by atoms with E-state index in [9.17, 15) is 33.6 Å². The average molecular weight is 838 g/mol. The van der Waals surface area contributed by atoms with Crippen molar-refractivity contribution in [2.75, 3.05) is 19.7 Å². The van der Waals surface area contributed by atoms with Crippen molar-refractivity contribution in [1.82, 2.24) is 26.2 Å². The number of alkyl carbamates (subject to hydrolysis) is 1. The summed E-state index contributed by atoms with van der Waals surface area (Å²) in [5.74, 6) is -4.78. The highest BCUT2D eigenvalue weighted by Gasteiger charge is 2.45. The maximum absolute atomic E-state index is 14.6. The lowest BCUT2D eigenvalue weighted by atomic mass is 9.83. The molecule has 5 atom stereocenters. The molecule has 2 aliphatic rings. The molecule has 14 nitrogen and oxygen atoms in total. The van der Waals surface area contributed by atoms with Crippen LogP contribution >= 0.6 is 0 Å². The van der Waals surface area contributed by atoms with Crippen molar-refractivity contribution in [2.24, 2.45) is 11.8 Å². The number of nitrogens with one attached hydrogen (secondary N) is 4. The first-order valence-electron chi connectivity index (χ1n) is 21.4. The van der Waals surface area contributed by atoms with Gasteiger partial charge < -0.3 is 35.6 Å². The van der Waals surface area contributed by atoms with E-state index >= 15 is 0 Å². The molecule has 0 radical (unpaired) electrons. The number of ketones is 1. The Labute approximate surface area is 357 Å². The molecule has 1 aliphatic heterocycles. The highest BCUT2D eigenvalue weighted by molar-refractivity contribution is 6.38. The molecule has 4 N–H and O–H groups in total. The number of nitrogens with zero attached hydrogens (tertiary/aromatic N) is 1. The number of likely N-dealkylation sites (tertiary alicyclic amines) is 1. The SMILES string of the molecule is CCCC(NC(=O)[C@@H]1C[C@@H](c2ccccc2)CN1C(=O)[C@@H](NC(=O)OCC(C)C)C1CCCCC1)C(=O)C(=O)NCC(=O)NC(C(=O)OCc1ccccc1)c1ccccc1. The molecule has 3 aromatic carbocycles. The van der Waals surface area contributed by atoms with Gasteiger partial charge in [0.2, 0.25) is 23.5 Å². The summed E-state index contributed by atoms with van der Waals surface area (Å²) in [7, 11) is 0. The Morgan fingerprint density at radius 1 is 0.770 bits per heavy atom. The summed E-state index contributed by atoms with van der Waals surface area (Å²) >= 11 is 0. The number of ether oxygens (including phenoxy) is 2. The van der Waals surface area contributed by atoms with Gasteiger partial charge in [-0.3, -0.25) is 24.0 Å². The Morgan fingerprint density at radius 2 is 1.41 bits per heavy atom. The molecule has 5 rings (SSSR count). The molecule has 326 valence electrons. The van der Waals surface area contributed by atoms with Crippen molar-refractivity contribution < 1.29 is 43.0 Å². The monoisotopic (exact) mass is 837 g/mol. The van der Waals surface area contributed by atoms with E-state index in [-0.39, 0.29) is 50.4 Å². The van der Waals surface area contributed by atoms with Crippen molar-refractivity contribution in [3.05, 3.63) is 108 Å². The van der Waals surface area contributed by atoms with Crippen LogP contribution in [0.5, 0.6) is 0 Å². The van der Waals surface area contributed by atoms with Gasteiger partial charge >= 0.3 is 12.1 Å². The normalized spacial score (nSPS) is 17.9. The van der Waals surface area contributed by atoms with Crippen molar-refractivity contribution in [2.45, 2.75) is 109 Å². The molecule has 1 aliphatic carbocycles. The van der Waals surface area contributed by atoms with Crippen molar-refractivity contribution in [3.8, 4) is 0 Å². The minimum atomic E-state index is -1.25. The number of carbonyl (C=O) groups excluding carboxylic acids is 7. The van der Waals surface area contributed by atoms with E-state index < -0.39 is 72.2 Å². The minimum Gasteiger partial charge on any atom is -0.459 e. The molecule has 0 spiro atoms. The lowest BCUT2D eigenvalue weighted by Gasteiger charge is -2.34. The molecule has 14 heteroatoms. The molecule has 1 saturated heterocycles. The molecule has 2 unspecified atom stereocenters. The van der Waals surface area contributed by atoms with Gasteiger partial charge in [0.15, 0.2) is 6.04 Å². The second kappa shape index (κ2) is 23.1. The summed E-state index contributed by atoms with van der Waals surface area (Å²) in [5, 5.41) is 10.5. The van der Waals surface area contributed by atoms with Gasteiger partial charge in [0, 0.05) is 12.5 Å². The van der Waals surface area contributed by atoms with Gasteiger partial charge in [-0.05, 0) is 54.2 Å². The Hall–Kier alpha value is -6.05. The third kappa shape index (κ3) is 13.5. The number of Topliss-reactive ketones (excluding diaryl/α,β-unsaturated/α-hetero) is 1. The molecule has 5 amide bonds. The quantitative estimate of drug-likeness (QED) is 0.0921. The molecule has 1 heterocycles. The maximum Gasteiger partial charge on any atom is 0.407 e. The summed E-state index contributed by atoms with van der Waals surface area (Å²) in [5.41, 5.74) is 2.16. The number of esters is 1. The van der Waals surface area contributed by atoms with Crippen LogP contribution in [0.2, 0.25) is 0 Å². The lowest BCUT2D eigenvalue weighted by Crippen LogP contribution is -2.58. The second-order valence-corrected chi connectivity index (χ2v) is 16.3. The van der Waals surface area contributed by atoms with Crippen LogP contribution in [0.25, 0.3) is 0 Å². The minimum absolute atomic E-state index is 0.0145. The lowest BCUT2D eigenvalue weighted by molar-refractivity contribution is -0.149. The zero-order valence-corrected chi connectivity index (χ0v) is 35.3. The van der Waals surface area contributed by atoms with Crippen LogP contribution in [0.15, 0.2) is 91.0 Å². The molecule has 61 heavy (non-hydrogen) atoms. The van der Waals surface area contributed by atoms with Gasteiger partial charge in [-0.25, -0.2) is 9.59 Å². The predicted octanol–water partition coefficient (Wildman–Crippen LogP) is 5.27. The number of hydrogen-bond donors (Lipinski definition) is 4. The van der Waals surface area contributed by atoms with Crippen LogP contribution in [0.1, 0.15) is 101 Å². The van der Waals surface area contributed by atoms with Crippen LogP contribution in [-0.2, 0) is 44.8 Å². The van der Waals surface area contributed by atoms with Gasteiger partial charge in [0.1, 0.15) is 18.7 Å². The Balaban J connectivity index is 1.26. The summed E-state index contributed by atoms with van der Waals surface area (Å²) in [4.78, 5) is 96.6. The standard InChI is InChI=1S/C47H59N5O9/c1-4-17-37(42(54)44(56)48-27-39(53)50-41(35-24-15-8-16-25-35)46(58)60-30-32-18-9-5-10-19-32)49-43(55)38-26-36(33-20-11-6-12-21-33)28-52(38)45(57)40(34-22-13-7-14-23-34)51-47(59)61-29-31(2)3/h5-6,8-12,15-16,18-21,24-25,31,34,36-38,40-41H,4,7,13-14,17,22-23,26-30H2,1-3H3,(H,48,56)(H,49,55)(H,50,53)(H,51,59)/t36-,37?,38+,40+,41?/m1/s1. The Bertz CT molecular complexity index is 1940. The van der Waals surface area contributed by atoms with Crippen molar-refractivity contribution in [3.63, 3.8) is 0 Å². The average Bonchev–Trinajstić information content (AvgIpc) is 3.74. The van der Waals surface area contributed by atoms with Gasteiger partial charge in [0.05, 0.1) is 19.2 Å². The van der Waals surface area contributed by atoms with Gasteiger partial charge in [-0.15, -0.1) is 0 Å². The third-order valence-corrected chi connectivity index (χ3v) is 11.1. The second-order valence-electron chi connectivity index (χ2n) is 16.3. The summed E-state index contributed by atoms with van der Waals surface area (Å²) < 4.78 is 10.9. The first-order chi connectivity index (χ1) is 29.4. The van der Waals surface area contributed by atoms with Gasteiger partial charge in [0.25, 0.3) is 5.91 Å². The molecule has 3 aromatic rings. The van der Waals surface area contributed by atoms with Crippen LogP contribution in [0.4, 0.5) is 4.79 Å². The largest absolute Gasteiger partial charge is 0.459 e. The highest BCUT2D eigenvalue weighted by atomic mass is 16.5. The fourth-order valence-electron chi connectivity index (χ4n) is 7.91. The smallest absolute Gasteiger partial charge is 0.407 e.